The van der Waals surface area contributed by atoms with Crippen LogP contribution in [-0.4, -0.2) is 0 Å². The van der Waals surface area contributed by atoms with E-state index in [1.54, 1.807) is 0 Å². The lowest BCUT2D eigenvalue weighted by molar-refractivity contribution is 0.447. The van der Waals surface area contributed by atoms with Gasteiger partial charge in [0.05, 0.1) is 11.1 Å². The first-order valence-electron chi connectivity index (χ1n) is 22.7. The highest BCUT2D eigenvalue weighted by Gasteiger charge is 2.51. The van der Waals surface area contributed by atoms with Gasteiger partial charge >= 0.3 is 0 Å². The number of hydrogen-bond donors (Lipinski definition) is 0. The number of nitrogens with zero attached hydrogens (tertiary/aromatic N) is 1. The standard InChI is InChI=1S/C63H39NOS/c1-2-19-45(20-3-1)64(46-32-36-60-53(39-46)51-25-10-13-28-59(51)66-60)58-27-12-9-21-47(58)44-18-14-17-42(37-44)43-31-33-55-52(38-43)50-24-8-11-26-54(50)63(55)56-34-29-40-15-4-6-22-48(40)61(56)65-62-49-23-7-5-16-41(49)30-35-57(62)63/h1-39H. The third kappa shape index (κ3) is 5.35. The van der Waals surface area contributed by atoms with E-state index in [4.69, 9.17) is 4.74 Å². The minimum Gasteiger partial charge on any atom is -0.455 e. The van der Waals surface area contributed by atoms with Gasteiger partial charge in [0.1, 0.15) is 11.5 Å². The van der Waals surface area contributed by atoms with Crippen LogP contribution in [0.4, 0.5) is 17.1 Å². The molecule has 0 saturated carbocycles. The monoisotopic (exact) mass is 857 g/mol. The minimum atomic E-state index is -0.582. The van der Waals surface area contributed by atoms with E-state index < -0.39 is 5.41 Å². The number of benzene rings is 11. The van der Waals surface area contributed by atoms with Crippen LogP contribution in [0, 0.1) is 0 Å². The average molecular weight is 858 g/mol. The smallest absolute Gasteiger partial charge is 0.140 e. The summed E-state index contributed by atoms with van der Waals surface area (Å²) < 4.78 is 9.78. The normalized spacial score (nSPS) is 13.1. The molecule has 0 saturated heterocycles. The Morgan fingerprint density at radius 2 is 0.924 bits per heavy atom. The summed E-state index contributed by atoms with van der Waals surface area (Å²) in [5.74, 6) is 1.87. The largest absolute Gasteiger partial charge is 0.455 e. The van der Waals surface area contributed by atoms with Gasteiger partial charge in [0.25, 0.3) is 0 Å². The summed E-state index contributed by atoms with van der Waals surface area (Å²) in [6, 6.07) is 87.0. The number of fused-ring (bicyclic) bond motifs is 16. The summed E-state index contributed by atoms with van der Waals surface area (Å²) in [5.41, 5.74) is 14.9. The van der Waals surface area contributed by atoms with Crippen molar-refractivity contribution < 1.29 is 4.74 Å². The molecule has 1 aromatic heterocycles. The molecule has 14 rings (SSSR count). The van der Waals surface area contributed by atoms with Crippen molar-refractivity contribution in [2.24, 2.45) is 0 Å². The predicted octanol–water partition coefficient (Wildman–Crippen LogP) is 17.6. The van der Waals surface area contributed by atoms with Gasteiger partial charge in [-0.25, -0.2) is 0 Å². The van der Waals surface area contributed by atoms with Crippen molar-refractivity contribution in [3.8, 4) is 44.9 Å². The maximum absolute atomic E-state index is 7.18. The molecule has 0 unspecified atom stereocenters. The third-order valence-corrected chi connectivity index (χ3v) is 15.3. The van der Waals surface area contributed by atoms with Gasteiger partial charge in [0.15, 0.2) is 0 Å². The van der Waals surface area contributed by atoms with Crippen LogP contribution in [0.5, 0.6) is 11.5 Å². The van der Waals surface area contributed by atoms with E-state index in [2.05, 4.69) is 241 Å². The Balaban J connectivity index is 0.938. The zero-order valence-corrected chi connectivity index (χ0v) is 36.6. The number of rotatable bonds is 5. The average Bonchev–Trinajstić information content (AvgIpc) is 3.90. The predicted molar refractivity (Wildman–Crippen MR) is 277 cm³/mol. The molecule has 0 amide bonds. The van der Waals surface area contributed by atoms with Crippen LogP contribution < -0.4 is 9.64 Å². The molecule has 0 fully saturated rings. The Morgan fingerprint density at radius 3 is 1.71 bits per heavy atom. The molecule has 1 aliphatic heterocycles. The van der Waals surface area contributed by atoms with Crippen molar-refractivity contribution in [3.05, 3.63) is 259 Å². The Labute approximate surface area is 386 Å². The fraction of sp³-hybridized carbons (Fsp3) is 0.0159. The van der Waals surface area contributed by atoms with E-state index in [1.165, 1.54) is 81.0 Å². The summed E-state index contributed by atoms with van der Waals surface area (Å²) in [4.78, 5) is 2.41. The lowest BCUT2D eigenvalue weighted by Crippen LogP contribution is -2.32. The molecule has 2 aliphatic rings. The van der Waals surface area contributed by atoms with E-state index in [0.717, 1.165) is 44.9 Å². The van der Waals surface area contributed by atoms with Crippen LogP contribution in [0.1, 0.15) is 22.3 Å². The fourth-order valence-electron chi connectivity index (χ4n) is 11.2. The molecule has 66 heavy (non-hydrogen) atoms. The van der Waals surface area contributed by atoms with Crippen molar-refractivity contribution in [2.75, 3.05) is 4.90 Å². The molecular weight excluding hydrogens is 819 g/mol. The molecule has 0 bridgehead atoms. The topological polar surface area (TPSA) is 12.5 Å². The molecule has 308 valence electrons. The SMILES string of the molecule is c1ccc(N(c2ccc3sc4ccccc4c3c2)c2ccccc2-c2cccc(-c3ccc4c(c3)-c3ccccc3C43c4ccc5ccccc5c4Oc4c3ccc3ccccc43)c2)cc1. The Hall–Kier alpha value is -8.24. The molecule has 0 atom stereocenters. The van der Waals surface area contributed by atoms with Crippen molar-refractivity contribution in [2.45, 2.75) is 5.41 Å². The second kappa shape index (κ2) is 14.4. The van der Waals surface area contributed by atoms with E-state index in [9.17, 15) is 0 Å². The summed E-state index contributed by atoms with van der Waals surface area (Å²) >= 11 is 1.85. The van der Waals surface area contributed by atoms with Gasteiger partial charge in [-0.3, -0.25) is 0 Å². The Bertz CT molecular complexity index is 3850. The molecule has 1 spiro atoms. The molecule has 2 heterocycles. The molecule has 11 aromatic carbocycles. The second-order valence-electron chi connectivity index (χ2n) is 17.5. The number of ether oxygens (including phenoxy) is 1. The van der Waals surface area contributed by atoms with E-state index in [1.807, 2.05) is 11.3 Å². The molecular formula is C63H39NOS. The van der Waals surface area contributed by atoms with Crippen LogP contribution in [0.25, 0.3) is 75.1 Å². The molecule has 2 nitrogen and oxygen atoms in total. The molecule has 3 heteroatoms. The van der Waals surface area contributed by atoms with Crippen LogP contribution in [0.3, 0.4) is 0 Å². The van der Waals surface area contributed by atoms with Crippen molar-refractivity contribution in [1.29, 1.82) is 0 Å². The molecule has 12 aromatic rings. The zero-order chi connectivity index (χ0) is 43.3. The highest BCUT2D eigenvalue weighted by molar-refractivity contribution is 7.25. The van der Waals surface area contributed by atoms with Gasteiger partial charge in [-0.15, -0.1) is 11.3 Å². The summed E-state index contributed by atoms with van der Waals surface area (Å²) in [7, 11) is 0. The van der Waals surface area contributed by atoms with E-state index in [0.29, 0.717) is 0 Å². The van der Waals surface area contributed by atoms with Crippen molar-refractivity contribution in [1.82, 2.24) is 0 Å². The first-order valence-corrected chi connectivity index (χ1v) is 23.5. The molecule has 0 radical (unpaired) electrons. The Kier molecular flexibility index (Phi) is 8.10. The summed E-state index contributed by atoms with van der Waals surface area (Å²) in [6.07, 6.45) is 0. The van der Waals surface area contributed by atoms with Crippen LogP contribution in [0.2, 0.25) is 0 Å². The number of para-hydroxylation sites is 2. The van der Waals surface area contributed by atoms with Gasteiger partial charge in [0.2, 0.25) is 0 Å². The second-order valence-corrected chi connectivity index (χ2v) is 18.6. The third-order valence-electron chi connectivity index (χ3n) is 14.1. The fourth-order valence-corrected chi connectivity index (χ4v) is 12.3. The van der Waals surface area contributed by atoms with Crippen LogP contribution in [-0.2, 0) is 5.41 Å². The lowest BCUT2D eigenvalue weighted by Gasteiger charge is -2.40. The minimum absolute atomic E-state index is 0.582. The highest BCUT2D eigenvalue weighted by Crippen LogP contribution is 2.64. The summed E-state index contributed by atoms with van der Waals surface area (Å²) in [6.45, 7) is 0. The van der Waals surface area contributed by atoms with Gasteiger partial charge < -0.3 is 9.64 Å². The van der Waals surface area contributed by atoms with Crippen molar-refractivity contribution in [3.63, 3.8) is 0 Å². The van der Waals surface area contributed by atoms with Crippen molar-refractivity contribution >= 4 is 70.1 Å². The molecule has 0 N–H and O–H groups in total. The molecule has 1 aliphatic carbocycles. The van der Waals surface area contributed by atoms with Gasteiger partial charge in [-0.05, 0) is 104 Å². The maximum atomic E-state index is 7.18. The van der Waals surface area contributed by atoms with Crippen LogP contribution in [0.15, 0.2) is 237 Å². The lowest BCUT2D eigenvalue weighted by atomic mass is 9.65. The highest BCUT2D eigenvalue weighted by atomic mass is 32.1. The Morgan fingerprint density at radius 1 is 0.333 bits per heavy atom. The summed E-state index contributed by atoms with van der Waals surface area (Å²) in [5, 5.41) is 7.16. The first-order chi connectivity index (χ1) is 32.7. The number of anilines is 3. The van der Waals surface area contributed by atoms with Crippen LogP contribution >= 0.6 is 11.3 Å². The number of hydrogen-bond acceptors (Lipinski definition) is 3. The quantitative estimate of drug-likeness (QED) is 0.171. The maximum Gasteiger partial charge on any atom is 0.140 e. The van der Waals surface area contributed by atoms with E-state index in [-0.39, 0.29) is 0 Å². The van der Waals surface area contributed by atoms with Gasteiger partial charge in [0, 0.05) is 59.0 Å². The van der Waals surface area contributed by atoms with E-state index >= 15 is 0 Å². The van der Waals surface area contributed by atoms with Gasteiger partial charge in [-0.1, -0.05) is 182 Å². The number of thiophene rings is 1. The zero-order valence-electron chi connectivity index (χ0n) is 35.8. The first kappa shape index (κ1) is 37.2. The van der Waals surface area contributed by atoms with Gasteiger partial charge in [-0.2, -0.15) is 0 Å².